The van der Waals surface area contributed by atoms with E-state index < -0.39 is 0 Å². The van der Waals surface area contributed by atoms with Gasteiger partial charge in [-0.3, -0.25) is 0 Å². The second-order valence-corrected chi connectivity index (χ2v) is 5.46. The summed E-state index contributed by atoms with van der Waals surface area (Å²) in [5, 5.41) is 4.24. The Kier molecular flexibility index (Phi) is 3.44. The summed E-state index contributed by atoms with van der Waals surface area (Å²) in [5.41, 5.74) is 0.0453. The van der Waals surface area contributed by atoms with Crippen LogP contribution in [0.5, 0.6) is 0 Å². The number of hydrogen-bond acceptors (Lipinski definition) is 5. The zero-order chi connectivity index (χ0) is 11.6. The number of nitrogens with one attached hydrogen (secondary N) is 1. The van der Waals surface area contributed by atoms with Crippen molar-refractivity contribution >= 4 is 16.7 Å². The van der Waals surface area contributed by atoms with Gasteiger partial charge in [-0.1, -0.05) is 13.8 Å². The predicted molar refractivity (Wildman–Crippen MR) is 66.1 cm³/mol. The van der Waals surface area contributed by atoms with Crippen molar-refractivity contribution in [2.45, 2.75) is 44.6 Å². The van der Waals surface area contributed by atoms with Crippen molar-refractivity contribution in [3.63, 3.8) is 0 Å². The second kappa shape index (κ2) is 4.67. The molecule has 5 heteroatoms. The highest BCUT2D eigenvalue weighted by atomic mass is 32.1. The molecule has 0 atom stereocenters. The van der Waals surface area contributed by atoms with Crippen LogP contribution in [0.25, 0.3) is 0 Å². The molecule has 4 nitrogen and oxygen atoms in total. The molecule has 1 aromatic heterocycles. The van der Waals surface area contributed by atoms with Gasteiger partial charge in [0.25, 0.3) is 0 Å². The first kappa shape index (κ1) is 11.8. The fourth-order valence-electron chi connectivity index (χ4n) is 1.80. The maximum Gasteiger partial charge on any atom is 0.202 e. The Labute approximate surface area is 101 Å². The highest BCUT2D eigenvalue weighted by molar-refractivity contribution is 7.09. The van der Waals surface area contributed by atoms with Gasteiger partial charge in [-0.25, -0.2) is 4.98 Å². The first-order valence-corrected chi connectivity index (χ1v) is 6.55. The van der Waals surface area contributed by atoms with E-state index in [0.29, 0.717) is 5.92 Å². The molecule has 1 aliphatic rings. The van der Waals surface area contributed by atoms with E-state index in [1.54, 1.807) is 7.11 Å². The second-order valence-electron chi connectivity index (χ2n) is 4.71. The lowest BCUT2D eigenvalue weighted by molar-refractivity contribution is -0.0601. The van der Waals surface area contributed by atoms with E-state index in [9.17, 15) is 0 Å². The maximum atomic E-state index is 5.54. The molecule has 0 amide bonds. The smallest absolute Gasteiger partial charge is 0.202 e. The molecule has 0 saturated heterocycles. The van der Waals surface area contributed by atoms with Crippen LogP contribution in [0.4, 0.5) is 5.13 Å². The van der Waals surface area contributed by atoms with Crippen LogP contribution in [0.15, 0.2) is 0 Å². The minimum absolute atomic E-state index is 0.0453. The maximum absolute atomic E-state index is 5.54. The fraction of sp³-hybridized carbons (Fsp3) is 0.818. The van der Waals surface area contributed by atoms with Crippen molar-refractivity contribution < 1.29 is 4.74 Å². The molecule has 0 bridgehead atoms. The number of nitrogens with zero attached hydrogens (tertiary/aromatic N) is 2. The molecule has 1 saturated carbocycles. The molecule has 1 fully saturated rings. The standard InChI is InChI=1S/C11H19N3OS/c1-8(2)9-13-10(16-14-9)12-7-11(15-3)5-4-6-11/h8H,4-7H2,1-3H3,(H,12,13,14). The molecule has 1 aromatic rings. The molecule has 1 aliphatic carbocycles. The average Bonchev–Trinajstić information content (AvgIpc) is 2.65. The van der Waals surface area contributed by atoms with Crippen LogP contribution < -0.4 is 5.32 Å². The highest BCUT2D eigenvalue weighted by Gasteiger charge is 2.36. The quantitative estimate of drug-likeness (QED) is 0.861. The summed E-state index contributed by atoms with van der Waals surface area (Å²) < 4.78 is 9.86. The molecule has 0 unspecified atom stereocenters. The van der Waals surface area contributed by atoms with Crippen LogP contribution in [-0.2, 0) is 4.74 Å². The van der Waals surface area contributed by atoms with E-state index in [2.05, 4.69) is 28.5 Å². The van der Waals surface area contributed by atoms with Crippen molar-refractivity contribution in [3.05, 3.63) is 5.82 Å². The molecule has 0 spiro atoms. The van der Waals surface area contributed by atoms with Gasteiger partial charge in [0.15, 0.2) is 0 Å². The molecule has 1 N–H and O–H groups in total. The van der Waals surface area contributed by atoms with E-state index in [0.717, 1.165) is 30.3 Å². The Hall–Kier alpha value is -0.680. The summed E-state index contributed by atoms with van der Waals surface area (Å²) in [6.45, 7) is 5.05. The largest absolute Gasteiger partial charge is 0.376 e. The third-order valence-electron chi connectivity index (χ3n) is 3.22. The number of ether oxygens (including phenoxy) is 1. The highest BCUT2D eigenvalue weighted by Crippen LogP contribution is 2.35. The third-order valence-corrected chi connectivity index (χ3v) is 3.90. The Bertz CT molecular complexity index is 341. The predicted octanol–water partition coefficient (Wildman–Crippen LogP) is 2.64. The molecule has 90 valence electrons. The Morgan fingerprint density at radius 2 is 2.25 bits per heavy atom. The van der Waals surface area contributed by atoms with Crippen molar-refractivity contribution in [2.75, 3.05) is 19.0 Å². The van der Waals surface area contributed by atoms with E-state index in [4.69, 9.17) is 4.74 Å². The van der Waals surface area contributed by atoms with Crippen LogP contribution in [0, 0.1) is 0 Å². The van der Waals surface area contributed by atoms with Gasteiger partial charge < -0.3 is 10.1 Å². The van der Waals surface area contributed by atoms with Crippen molar-refractivity contribution in [1.29, 1.82) is 0 Å². The van der Waals surface area contributed by atoms with E-state index in [1.165, 1.54) is 18.0 Å². The minimum Gasteiger partial charge on any atom is -0.376 e. The molecular formula is C11H19N3OS. The van der Waals surface area contributed by atoms with E-state index >= 15 is 0 Å². The summed E-state index contributed by atoms with van der Waals surface area (Å²) in [4.78, 5) is 4.45. The average molecular weight is 241 g/mol. The summed E-state index contributed by atoms with van der Waals surface area (Å²) in [6.07, 6.45) is 3.56. The topological polar surface area (TPSA) is 47.0 Å². The van der Waals surface area contributed by atoms with Gasteiger partial charge in [-0.05, 0) is 19.3 Å². The van der Waals surface area contributed by atoms with Crippen LogP contribution in [0.2, 0.25) is 0 Å². The van der Waals surface area contributed by atoms with Gasteiger partial charge in [-0.15, -0.1) is 0 Å². The van der Waals surface area contributed by atoms with Crippen LogP contribution in [0.1, 0.15) is 44.9 Å². The van der Waals surface area contributed by atoms with Gasteiger partial charge in [0.05, 0.1) is 5.60 Å². The third kappa shape index (κ3) is 2.35. The van der Waals surface area contributed by atoms with Crippen molar-refractivity contribution in [1.82, 2.24) is 9.36 Å². The zero-order valence-corrected chi connectivity index (χ0v) is 10.9. The van der Waals surface area contributed by atoms with Gasteiger partial charge in [0.1, 0.15) is 5.82 Å². The first-order chi connectivity index (χ1) is 7.65. The van der Waals surface area contributed by atoms with Crippen LogP contribution >= 0.6 is 11.5 Å². The normalized spacial score (nSPS) is 18.5. The molecule has 0 aliphatic heterocycles. The number of rotatable bonds is 5. The van der Waals surface area contributed by atoms with Gasteiger partial charge >= 0.3 is 0 Å². The number of hydrogen-bond donors (Lipinski definition) is 1. The van der Waals surface area contributed by atoms with Gasteiger partial charge in [0.2, 0.25) is 5.13 Å². The Balaban J connectivity index is 1.89. The van der Waals surface area contributed by atoms with Gasteiger partial charge in [0, 0.05) is 31.1 Å². The zero-order valence-electron chi connectivity index (χ0n) is 10.1. The molecule has 1 heterocycles. The monoisotopic (exact) mass is 241 g/mol. The van der Waals surface area contributed by atoms with Crippen molar-refractivity contribution in [3.8, 4) is 0 Å². The molecular weight excluding hydrogens is 222 g/mol. The Morgan fingerprint density at radius 1 is 1.50 bits per heavy atom. The summed E-state index contributed by atoms with van der Waals surface area (Å²) in [5.74, 6) is 1.32. The molecule has 0 aromatic carbocycles. The number of methoxy groups -OCH3 is 1. The Morgan fingerprint density at radius 3 is 2.69 bits per heavy atom. The first-order valence-electron chi connectivity index (χ1n) is 5.78. The number of aromatic nitrogens is 2. The lowest BCUT2D eigenvalue weighted by Gasteiger charge is -2.40. The molecule has 0 radical (unpaired) electrons. The van der Waals surface area contributed by atoms with Crippen LogP contribution in [0.3, 0.4) is 0 Å². The number of anilines is 1. The van der Waals surface area contributed by atoms with Crippen molar-refractivity contribution in [2.24, 2.45) is 0 Å². The SMILES string of the molecule is COC1(CNc2nc(C(C)C)ns2)CCC1. The minimum atomic E-state index is 0.0453. The van der Waals surface area contributed by atoms with Gasteiger partial charge in [-0.2, -0.15) is 4.37 Å². The fourth-order valence-corrected chi connectivity index (χ4v) is 2.50. The summed E-state index contributed by atoms with van der Waals surface area (Å²) >= 11 is 1.44. The lowest BCUT2D eigenvalue weighted by atomic mass is 9.80. The summed E-state index contributed by atoms with van der Waals surface area (Å²) in [6, 6.07) is 0. The van der Waals surface area contributed by atoms with E-state index in [-0.39, 0.29) is 5.60 Å². The summed E-state index contributed by atoms with van der Waals surface area (Å²) in [7, 11) is 1.79. The lowest BCUT2D eigenvalue weighted by Crippen LogP contribution is -2.45. The molecule has 2 rings (SSSR count). The van der Waals surface area contributed by atoms with E-state index in [1.807, 2.05) is 0 Å². The van der Waals surface area contributed by atoms with Crippen LogP contribution in [-0.4, -0.2) is 28.6 Å². The molecule has 16 heavy (non-hydrogen) atoms.